The van der Waals surface area contributed by atoms with E-state index in [1.165, 1.54) is 5.56 Å². The normalized spacial score (nSPS) is 15.7. The van der Waals surface area contributed by atoms with E-state index < -0.39 is 0 Å². The highest BCUT2D eigenvalue weighted by atomic mass is 35.5. The number of nitrogens with zero attached hydrogens (tertiary/aromatic N) is 4. The second kappa shape index (κ2) is 9.21. The molecule has 0 aliphatic carbocycles. The highest BCUT2D eigenvalue weighted by Crippen LogP contribution is 2.32. The van der Waals surface area contributed by atoms with E-state index in [0.29, 0.717) is 36.2 Å². The quantitative estimate of drug-likeness (QED) is 0.576. The van der Waals surface area contributed by atoms with Gasteiger partial charge < -0.3 is 18.8 Å². The van der Waals surface area contributed by atoms with Crippen molar-refractivity contribution in [1.29, 1.82) is 0 Å². The lowest BCUT2D eigenvalue weighted by Crippen LogP contribution is -2.48. The van der Waals surface area contributed by atoms with Gasteiger partial charge in [-0.3, -0.25) is 14.4 Å². The Morgan fingerprint density at radius 3 is 2.61 bits per heavy atom. The van der Waals surface area contributed by atoms with Crippen LogP contribution < -0.4 is 9.47 Å². The summed E-state index contributed by atoms with van der Waals surface area (Å²) >= 11 is 5.88. The van der Waals surface area contributed by atoms with Gasteiger partial charge in [0.1, 0.15) is 5.76 Å². The van der Waals surface area contributed by atoms with Crippen LogP contribution in [0.2, 0.25) is 5.02 Å². The van der Waals surface area contributed by atoms with E-state index in [9.17, 15) is 4.79 Å². The fourth-order valence-corrected chi connectivity index (χ4v) is 3.88. The molecular formula is C21H22Cl2N4O4. The number of benzene rings is 1. The number of hydrogen-bond donors (Lipinski definition) is 0. The van der Waals surface area contributed by atoms with Gasteiger partial charge in [0.2, 0.25) is 6.79 Å². The molecule has 2 aliphatic heterocycles. The number of ether oxygens (including phenoxy) is 2. The van der Waals surface area contributed by atoms with Crippen molar-refractivity contribution in [3.05, 3.63) is 64.8 Å². The summed E-state index contributed by atoms with van der Waals surface area (Å²) in [6, 6.07) is 9.56. The van der Waals surface area contributed by atoms with Gasteiger partial charge in [-0.1, -0.05) is 17.7 Å². The fraction of sp³-hybridized carbons (Fsp3) is 0.333. The standard InChI is InChI=1S/C21H21ClN4O4.ClH/c22-16-10-23-26(12-16)13-17-2-4-19(30-17)21(27)25-7-5-24(6-8-25)11-15-1-3-18-20(9-15)29-14-28-18;/h1-4,9-10,12H,5-8,11,13-14H2;1H. The molecule has 0 N–H and O–H groups in total. The fourth-order valence-electron chi connectivity index (χ4n) is 3.72. The van der Waals surface area contributed by atoms with Crippen LogP contribution in [0.25, 0.3) is 0 Å². The first-order valence-electron chi connectivity index (χ1n) is 9.81. The van der Waals surface area contributed by atoms with Crippen molar-refractivity contribution < 1.29 is 18.7 Å². The first-order chi connectivity index (χ1) is 14.6. The number of rotatable bonds is 5. The number of aromatic nitrogens is 2. The summed E-state index contributed by atoms with van der Waals surface area (Å²) in [7, 11) is 0. The van der Waals surface area contributed by atoms with E-state index in [4.69, 9.17) is 25.5 Å². The van der Waals surface area contributed by atoms with Crippen molar-refractivity contribution in [2.24, 2.45) is 0 Å². The van der Waals surface area contributed by atoms with E-state index in [-0.39, 0.29) is 25.1 Å². The number of carbonyl (C=O) groups is 1. The Bertz CT molecular complexity index is 1060. The topological polar surface area (TPSA) is 73.0 Å². The smallest absolute Gasteiger partial charge is 0.289 e. The van der Waals surface area contributed by atoms with Crippen LogP contribution in [0.3, 0.4) is 0 Å². The number of amides is 1. The maximum absolute atomic E-state index is 12.8. The second-order valence-corrected chi connectivity index (χ2v) is 7.81. The maximum atomic E-state index is 12.8. The first kappa shape index (κ1) is 21.5. The molecule has 1 saturated heterocycles. The lowest BCUT2D eigenvalue weighted by Gasteiger charge is -2.34. The van der Waals surface area contributed by atoms with Crippen molar-refractivity contribution in [2.45, 2.75) is 13.1 Å². The van der Waals surface area contributed by atoms with Crippen LogP contribution in [0.4, 0.5) is 0 Å². The number of fused-ring (bicyclic) bond motifs is 1. The highest BCUT2D eigenvalue weighted by molar-refractivity contribution is 6.30. The third-order valence-corrected chi connectivity index (χ3v) is 5.49. The van der Waals surface area contributed by atoms with Crippen LogP contribution >= 0.6 is 24.0 Å². The summed E-state index contributed by atoms with van der Waals surface area (Å²) in [6.45, 7) is 4.46. The van der Waals surface area contributed by atoms with E-state index in [1.54, 1.807) is 29.2 Å². The van der Waals surface area contributed by atoms with Gasteiger partial charge in [0.25, 0.3) is 5.91 Å². The molecule has 1 amide bonds. The monoisotopic (exact) mass is 464 g/mol. The third-order valence-electron chi connectivity index (χ3n) is 5.29. The molecule has 8 nitrogen and oxygen atoms in total. The number of piperazine rings is 1. The minimum absolute atomic E-state index is 0. The third kappa shape index (κ3) is 4.81. The zero-order chi connectivity index (χ0) is 20.5. The molecule has 2 aliphatic rings. The Labute approximate surface area is 190 Å². The Balaban J connectivity index is 0.00000231. The molecular weight excluding hydrogens is 443 g/mol. The number of halogens is 2. The van der Waals surface area contributed by atoms with Crippen molar-refractivity contribution in [1.82, 2.24) is 19.6 Å². The van der Waals surface area contributed by atoms with Crippen LogP contribution in [0, 0.1) is 0 Å². The summed E-state index contributed by atoms with van der Waals surface area (Å²) in [6.07, 6.45) is 3.28. The molecule has 3 aromatic rings. The summed E-state index contributed by atoms with van der Waals surface area (Å²) in [5, 5.41) is 4.69. The van der Waals surface area contributed by atoms with Gasteiger partial charge in [-0.05, 0) is 29.8 Å². The summed E-state index contributed by atoms with van der Waals surface area (Å²) in [4.78, 5) is 17.0. The molecule has 1 fully saturated rings. The molecule has 164 valence electrons. The predicted molar refractivity (Wildman–Crippen MR) is 116 cm³/mol. The number of carbonyl (C=O) groups excluding carboxylic acids is 1. The molecule has 2 aromatic heterocycles. The molecule has 31 heavy (non-hydrogen) atoms. The van der Waals surface area contributed by atoms with E-state index in [1.807, 2.05) is 17.0 Å². The average molecular weight is 465 g/mol. The minimum Gasteiger partial charge on any atom is -0.454 e. The van der Waals surface area contributed by atoms with Crippen LogP contribution in [0.1, 0.15) is 21.9 Å². The van der Waals surface area contributed by atoms with E-state index >= 15 is 0 Å². The van der Waals surface area contributed by atoms with Gasteiger partial charge in [0, 0.05) is 38.9 Å². The zero-order valence-electron chi connectivity index (χ0n) is 16.7. The van der Waals surface area contributed by atoms with Crippen LogP contribution in [0.5, 0.6) is 11.5 Å². The van der Waals surface area contributed by atoms with Gasteiger partial charge in [-0.25, -0.2) is 0 Å². The Morgan fingerprint density at radius 1 is 1.03 bits per heavy atom. The molecule has 10 heteroatoms. The molecule has 4 heterocycles. The van der Waals surface area contributed by atoms with Crippen LogP contribution in [-0.4, -0.2) is 58.5 Å². The lowest BCUT2D eigenvalue weighted by molar-refractivity contribution is 0.0595. The Kier molecular flexibility index (Phi) is 6.41. The van der Waals surface area contributed by atoms with Crippen molar-refractivity contribution >= 4 is 29.9 Å². The van der Waals surface area contributed by atoms with Crippen LogP contribution in [0.15, 0.2) is 47.1 Å². The molecule has 5 rings (SSSR count). The molecule has 0 spiro atoms. The Morgan fingerprint density at radius 2 is 1.84 bits per heavy atom. The predicted octanol–water partition coefficient (Wildman–Crippen LogP) is 3.29. The second-order valence-electron chi connectivity index (χ2n) is 7.38. The van der Waals surface area contributed by atoms with Gasteiger partial charge in [-0.2, -0.15) is 5.10 Å². The largest absolute Gasteiger partial charge is 0.454 e. The molecule has 1 aromatic carbocycles. The van der Waals surface area contributed by atoms with Gasteiger partial charge >= 0.3 is 0 Å². The summed E-state index contributed by atoms with van der Waals surface area (Å²) in [5.41, 5.74) is 1.17. The van der Waals surface area contributed by atoms with E-state index in [0.717, 1.165) is 31.1 Å². The van der Waals surface area contributed by atoms with Gasteiger partial charge in [0.05, 0.1) is 17.8 Å². The maximum Gasteiger partial charge on any atom is 0.289 e. The number of hydrogen-bond acceptors (Lipinski definition) is 6. The average Bonchev–Trinajstić information content (AvgIpc) is 3.49. The molecule has 0 bridgehead atoms. The lowest BCUT2D eigenvalue weighted by atomic mass is 10.1. The minimum atomic E-state index is -0.0810. The van der Waals surface area contributed by atoms with Crippen molar-refractivity contribution in [3.8, 4) is 11.5 Å². The van der Waals surface area contributed by atoms with Crippen LogP contribution in [-0.2, 0) is 13.1 Å². The molecule has 0 atom stereocenters. The zero-order valence-corrected chi connectivity index (χ0v) is 18.3. The Hall–Kier alpha value is -2.68. The molecule has 0 saturated carbocycles. The summed E-state index contributed by atoms with van der Waals surface area (Å²) < 4.78 is 18.2. The number of furan rings is 1. The molecule has 0 radical (unpaired) electrons. The van der Waals surface area contributed by atoms with Crippen molar-refractivity contribution in [2.75, 3.05) is 33.0 Å². The molecule has 0 unspecified atom stereocenters. The van der Waals surface area contributed by atoms with Crippen molar-refractivity contribution in [3.63, 3.8) is 0 Å². The van der Waals surface area contributed by atoms with Gasteiger partial charge in [-0.15, -0.1) is 12.4 Å². The first-order valence-corrected chi connectivity index (χ1v) is 10.2. The SMILES string of the molecule is Cl.O=C(c1ccc(Cn2cc(Cl)cn2)o1)N1CCN(Cc2ccc3c(c2)OCO3)CC1. The van der Waals surface area contributed by atoms with E-state index in [2.05, 4.69) is 16.1 Å². The summed E-state index contributed by atoms with van der Waals surface area (Å²) in [5.74, 6) is 2.53. The highest BCUT2D eigenvalue weighted by Gasteiger charge is 2.25. The van der Waals surface area contributed by atoms with Gasteiger partial charge in [0.15, 0.2) is 17.3 Å².